The summed E-state index contributed by atoms with van der Waals surface area (Å²) in [4.78, 5) is 26.9. The molecule has 1 aromatic heterocycles. The zero-order valence-corrected chi connectivity index (χ0v) is 18.9. The van der Waals surface area contributed by atoms with Gasteiger partial charge in [-0.15, -0.1) is 0 Å². The van der Waals surface area contributed by atoms with Crippen molar-refractivity contribution < 1.29 is 19.1 Å². The van der Waals surface area contributed by atoms with Gasteiger partial charge in [-0.25, -0.2) is 9.48 Å². The topological polar surface area (TPSA) is 85.7 Å². The molecule has 8 heteroatoms. The molecule has 1 fully saturated rings. The van der Waals surface area contributed by atoms with Crippen LogP contribution in [0.1, 0.15) is 51.0 Å². The number of amides is 2. The number of nitrogens with one attached hydrogen (secondary N) is 1. The molecule has 0 aliphatic carbocycles. The van der Waals surface area contributed by atoms with Gasteiger partial charge in [0.1, 0.15) is 11.4 Å². The number of methoxy groups -OCH3 is 1. The Morgan fingerprint density at radius 3 is 2.55 bits per heavy atom. The smallest absolute Gasteiger partial charge is 0.410 e. The minimum absolute atomic E-state index is 0.0936. The zero-order chi connectivity index (χ0) is 22.6. The van der Waals surface area contributed by atoms with Gasteiger partial charge in [-0.05, 0) is 76.8 Å². The zero-order valence-electron chi connectivity index (χ0n) is 18.9. The van der Waals surface area contributed by atoms with E-state index < -0.39 is 5.60 Å². The molecule has 2 aromatic rings. The van der Waals surface area contributed by atoms with Gasteiger partial charge < -0.3 is 19.7 Å². The van der Waals surface area contributed by atoms with E-state index in [1.165, 1.54) is 0 Å². The normalized spacial score (nSPS) is 17.7. The summed E-state index contributed by atoms with van der Waals surface area (Å²) in [6.07, 6.45) is 3.29. The lowest BCUT2D eigenvalue weighted by Gasteiger charge is -2.36. The Kier molecular flexibility index (Phi) is 6.87. The first-order valence-corrected chi connectivity index (χ1v) is 10.6. The first-order valence-electron chi connectivity index (χ1n) is 10.6. The second kappa shape index (κ2) is 9.41. The summed E-state index contributed by atoms with van der Waals surface area (Å²) in [6, 6.07) is 9.05. The van der Waals surface area contributed by atoms with Crippen LogP contribution in [0.2, 0.25) is 0 Å². The van der Waals surface area contributed by atoms with Gasteiger partial charge >= 0.3 is 6.09 Å². The summed E-state index contributed by atoms with van der Waals surface area (Å²) in [6.45, 7) is 8.80. The van der Waals surface area contributed by atoms with E-state index in [1.807, 2.05) is 52.0 Å². The van der Waals surface area contributed by atoms with Crippen molar-refractivity contribution in [3.05, 3.63) is 42.2 Å². The molecular weight excluding hydrogens is 396 g/mol. The third-order valence-electron chi connectivity index (χ3n) is 5.33. The van der Waals surface area contributed by atoms with Gasteiger partial charge in [-0.2, -0.15) is 5.10 Å². The van der Waals surface area contributed by atoms with E-state index >= 15 is 0 Å². The molecule has 2 heterocycles. The number of rotatable bonds is 5. The molecule has 1 aliphatic heterocycles. The van der Waals surface area contributed by atoms with Crippen LogP contribution < -0.4 is 10.1 Å². The maximum absolute atomic E-state index is 12.7. The van der Waals surface area contributed by atoms with Gasteiger partial charge in [0.05, 0.1) is 12.8 Å². The number of ether oxygens (including phenoxy) is 2. The largest absolute Gasteiger partial charge is 0.497 e. The van der Waals surface area contributed by atoms with E-state index in [0.717, 1.165) is 24.3 Å². The molecule has 2 amide bonds. The number of benzene rings is 1. The second-order valence-corrected chi connectivity index (χ2v) is 8.93. The summed E-state index contributed by atoms with van der Waals surface area (Å²) < 4.78 is 12.3. The van der Waals surface area contributed by atoms with Crippen molar-refractivity contribution in [1.82, 2.24) is 20.0 Å². The molecule has 2 atom stereocenters. The SMILES string of the molecule is COc1ccc(-n2ccc(C(=O)NC(C)C3CCCN(C(=O)OC(C)(C)C)C3)n2)cc1. The van der Waals surface area contributed by atoms with Gasteiger partial charge in [0, 0.05) is 25.3 Å². The molecule has 3 rings (SSSR count). The van der Waals surface area contributed by atoms with E-state index in [9.17, 15) is 9.59 Å². The number of piperidine rings is 1. The third kappa shape index (κ3) is 5.99. The average molecular weight is 429 g/mol. The molecule has 1 N–H and O–H groups in total. The first-order chi connectivity index (χ1) is 14.7. The van der Waals surface area contributed by atoms with Crippen molar-refractivity contribution in [3.8, 4) is 11.4 Å². The standard InChI is InChI=1S/C23H32N4O4/c1-16(17-7-6-13-26(15-17)22(29)31-23(2,3)4)24-21(28)20-12-14-27(25-20)18-8-10-19(30-5)11-9-18/h8-12,14,16-17H,6-7,13,15H2,1-5H3,(H,24,28). The quantitative estimate of drug-likeness (QED) is 0.786. The van der Waals surface area contributed by atoms with Gasteiger partial charge in [0.25, 0.3) is 5.91 Å². The van der Waals surface area contributed by atoms with Crippen molar-refractivity contribution in [2.24, 2.45) is 5.92 Å². The Balaban J connectivity index is 1.58. The van der Waals surface area contributed by atoms with Crippen LogP contribution in [0.15, 0.2) is 36.5 Å². The molecule has 0 spiro atoms. The Bertz CT molecular complexity index is 901. The van der Waals surface area contributed by atoms with Crippen LogP contribution in [0.3, 0.4) is 0 Å². The van der Waals surface area contributed by atoms with E-state index in [4.69, 9.17) is 9.47 Å². The molecule has 168 valence electrons. The van der Waals surface area contributed by atoms with Crippen LogP contribution in [0.25, 0.3) is 5.69 Å². The van der Waals surface area contributed by atoms with Crippen molar-refractivity contribution in [1.29, 1.82) is 0 Å². The number of carbonyl (C=O) groups is 2. The number of likely N-dealkylation sites (tertiary alicyclic amines) is 1. The van der Waals surface area contributed by atoms with Crippen molar-refractivity contribution >= 4 is 12.0 Å². The fraction of sp³-hybridized carbons (Fsp3) is 0.522. The van der Waals surface area contributed by atoms with Crippen LogP contribution in [0, 0.1) is 5.92 Å². The van der Waals surface area contributed by atoms with Crippen LogP contribution in [0.4, 0.5) is 4.79 Å². The first kappa shape index (κ1) is 22.7. The maximum atomic E-state index is 12.7. The number of nitrogens with zero attached hydrogens (tertiary/aromatic N) is 3. The van der Waals surface area contributed by atoms with Crippen molar-refractivity contribution in [2.45, 2.75) is 52.2 Å². The summed E-state index contributed by atoms with van der Waals surface area (Å²) in [5.74, 6) is 0.693. The Morgan fingerprint density at radius 2 is 1.90 bits per heavy atom. The molecule has 0 radical (unpaired) electrons. The van der Waals surface area contributed by atoms with E-state index in [-0.39, 0.29) is 24.0 Å². The fourth-order valence-electron chi connectivity index (χ4n) is 3.63. The molecule has 1 saturated heterocycles. The molecule has 1 aromatic carbocycles. The molecule has 31 heavy (non-hydrogen) atoms. The molecule has 0 bridgehead atoms. The number of hydrogen-bond acceptors (Lipinski definition) is 5. The van der Waals surface area contributed by atoms with Gasteiger partial charge in [-0.1, -0.05) is 0 Å². The highest BCUT2D eigenvalue weighted by molar-refractivity contribution is 5.92. The summed E-state index contributed by atoms with van der Waals surface area (Å²) >= 11 is 0. The lowest BCUT2D eigenvalue weighted by atomic mass is 9.91. The molecule has 8 nitrogen and oxygen atoms in total. The Hall–Kier alpha value is -3.03. The van der Waals surface area contributed by atoms with Crippen LogP contribution in [-0.2, 0) is 4.74 Å². The predicted molar refractivity (Wildman–Crippen MR) is 118 cm³/mol. The highest BCUT2D eigenvalue weighted by Crippen LogP contribution is 2.22. The van der Waals surface area contributed by atoms with Crippen LogP contribution >= 0.6 is 0 Å². The van der Waals surface area contributed by atoms with Crippen molar-refractivity contribution in [2.75, 3.05) is 20.2 Å². The van der Waals surface area contributed by atoms with Gasteiger partial charge in [-0.3, -0.25) is 4.79 Å². The van der Waals surface area contributed by atoms with E-state index in [0.29, 0.717) is 18.8 Å². The summed E-state index contributed by atoms with van der Waals surface area (Å²) in [5.41, 5.74) is 0.669. The lowest BCUT2D eigenvalue weighted by molar-refractivity contribution is 0.0150. The Labute approximate surface area is 183 Å². The van der Waals surface area contributed by atoms with Gasteiger partial charge in [0.15, 0.2) is 5.69 Å². The van der Waals surface area contributed by atoms with Gasteiger partial charge in [0.2, 0.25) is 0 Å². The van der Waals surface area contributed by atoms with Crippen LogP contribution in [-0.4, -0.2) is 58.5 Å². The third-order valence-corrected chi connectivity index (χ3v) is 5.33. The number of aromatic nitrogens is 2. The number of hydrogen-bond donors (Lipinski definition) is 1. The maximum Gasteiger partial charge on any atom is 0.410 e. The minimum Gasteiger partial charge on any atom is -0.497 e. The summed E-state index contributed by atoms with van der Waals surface area (Å²) in [7, 11) is 1.62. The average Bonchev–Trinajstić information content (AvgIpc) is 3.23. The molecule has 2 unspecified atom stereocenters. The number of carbonyl (C=O) groups excluding carboxylic acids is 2. The lowest BCUT2D eigenvalue weighted by Crippen LogP contribution is -2.49. The minimum atomic E-state index is -0.521. The van der Waals surface area contributed by atoms with E-state index in [1.54, 1.807) is 29.0 Å². The highest BCUT2D eigenvalue weighted by Gasteiger charge is 2.31. The summed E-state index contributed by atoms with van der Waals surface area (Å²) in [5, 5.41) is 7.44. The molecular formula is C23H32N4O4. The van der Waals surface area contributed by atoms with E-state index in [2.05, 4.69) is 10.4 Å². The predicted octanol–water partition coefficient (Wildman–Crippen LogP) is 3.65. The molecule has 1 aliphatic rings. The van der Waals surface area contributed by atoms with Crippen molar-refractivity contribution in [3.63, 3.8) is 0 Å². The Morgan fingerprint density at radius 1 is 1.19 bits per heavy atom. The monoisotopic (exact) mass is 428 g/mol. The fourth-order valence-corrected chi connectivity index (χ4v) is 3.63. The molecule has 0 saturated carbocycles. The highest BCUT2D eigenvalue weighted by atomic mass is 16.6. The van der Waals surface area contributed by atoms with Crippen LogP contribution in [0.5, 0.6) is 5.75 Å². The second-order valence-electron chi connectivity index (χ2n) is 8.93.